The highest BCUT2D eigenvalue weighted by Gasteiger charge is 2.55. The van der Waals surface area contributed by atoms with E-state index in [1.54, 1.807) is 18.2 Å². The number of rotatable bonds is 4. The normalized spacial score (nSPS) is 26.4. The fourth-order valence-electron chi connectivity index (χ4n) is 4.86. The summed E-state index contributed by atoms with van der Waals surface area (Å²) in [5.74, 6) is -0.284. The van der Waals surface area contributed by atoms with Crippen molar-refractivity contribution in [3.05, 3.63) is 72.1 Å². The molecule has 2 atom stereocenters. The van der Waals surface area contributed by atoms with E-state index in [9.17, 15) is 9.18 Å². The third kappa shape index (κ3) is 3.28. The maximum Gasteiger partial charge on any atom is 0.318 e. The molecule has 2 amide bonds. The largest absolute Gasteiger partial charge is 0.333 e. The third-order valence-corrected chi connectivity index (χ3v) is 6.52. The minimum absolute atomic E-state index is 0.0524. The fraction of sp³-hybridized carbons (Fsp3) is 0.435. The van der Waals surface area contributed by atoms with Gasteiger partial charge in [-0.25, -0.2) is 9.18 Å². The molecule has 28 heavy (non-hydrogen) atoms. The van der Waals surface area contributed by atoms with Crippen molar-refractivity contribution in [1.29, 1.82) is 0 Å². The molecule has 1 aliphatic carbocycles. The zero-order valence-electron chi connectivity index (χ0n) is 16.5. The van der Waals surface area contributed by atoms with Gasteiger partial charge in [0.15, 0.2) is 0 Å². The lowest BCUT2D eigenvalue weighted by molar-refractivity contribution is 0.173. The van der Waals surface area contributed by atoms with Crippen LogP contribution < -0.4 is 5.32 Å². The molecule has 5 heteroatoms. The van der Waals surface area contributed by atoms with Crippen molar-refractivity contribution in [3.8, 4) is 0 Å². The van der Waals surface area contributed by atoms with E-state index in [4.69, 9.17) is 0 Å². The minimum atomic E-state index is -0.284. The van der Waals surface area contributed by atoms with E-state index in [0.717, 1.165) is 36.2 Å². The van der Waals surface area contributed by atoms with Gasteiger partial charge in [-0.3, -0.25) is 0 Å². The van der Waals surface area contributed by atoms with Crippen molar-refractivity contribution in [1.82, 2.24) is 15.1 Å². The van der Waals surface area contributed by atoms with E-state index in [-0.39, 0.29) is 29.3 Å². The first-order chi connectivity index (χ1) is 13.5. The SMILES string of the molecule is C=CC1=C(C=C)[C@H](c2ccc(F)cc2)N(C(=O)N[C@H]2CN(C)CC23CC3)CC1. The van der Waals surface area contributed by atoms with E-state index < -0.39 is 0 Å². The summed E-state index contributed by atoms with van der Waals surface area (Å²) < 4.78 is 13.5. The smallest absolute Gasteiger partial charge is 0.318 e. The lowest BCUT2D eigenvalue weighted by Crippen LogP contribution is -2.51. The standard InChI is InChI=1S/C23H28FN3O/c1-4-16-10-13-27(21(19(16)5-2)17-6-8-18(24)9-7-17)22(28)25-20-14-26(3)15-23(20)11-12-23/h4-9,20-21H,1-2,10-15H2,3H3,(H,25,28)/t20-,21-/m0/s1. The Morgan fingerprint density at radius 3 is 2.57 bits per heavy atom. The number of likely N-dealkylation sites (tertiary alicyclic amines) is 1. The molecule has 1 saturated carbocycles. The van der Waals surface area contributed by atoms with Crippen LogP contribution in [-0.2, 0) is 0 Å². The van der Waals surface area contributed by atoms with Gasteiger partial charge in [0.1, 0.15) is 5.82 Å². The number of likely N-dealkylation sites (N-methyl/N-ethyl adjacent to an activating group) is 1. The molecule has 4 rings (SSSR count). The van der Waals surface area contributed by atoms with E-state index in [0.29, 0.717) is 6.54 Å². The van der Waals surface area contributed by atoms with Gasteiger partial charge < -0.3 is 15.1 Å². The second-order valence-corrected chi connectivity index (χ2v) is 8.35. The molecule has 1 saturated heterocycles. The number of carbonyl (C=O) groups excluding carboxylic acids is 1. The van der Waals surface area contributed by atoms with Crippen molar-refractivity contribution in [2.75, 3.05) is 26.7 Å². The van der Waals surface area contributed by atoms with Crippen LogP contribution in [0.1, 0.15) is 30.9 Å². The molecule has 0 aromatic heterocycles. The maximum absolute atomic E-state index is 13.5. The number of hydrogen-bond acceptors (Lipinski definition) is 2. The lowest BCUT2D eigenvalue weighted by Gasteiger charge is -2.39. The third-order valence-electron chi connectivity index (χ3n) is 6.52. The molecule has 0 radical (unpaired) electrons. The van der Waals surface area contributed by atoms with Crippen LogP contribution in [0.25, 0.3) is 0 Å². The molecule has 1 N–H and O–H groups in total. The van der Waals surface area contributed by atoms with Gasteiger partial charge in [0.25, 0.3) is 0 Å². The number of urea groups is 1. The summed E-state index contributed by atoms with van der Waals surface area (Å²) in [5, 5.41) is 3.31. The maximum atomic E-state index is 13.5. The van der Waals surface area contributed by atoms with Crippen LogP contribution in [0, 0.1) is 11.2 Å². The first-order valence-electron chi connectivity index (χ1n) is 9.96. The van der Waals surface area contributed by atoms with Gasteiger partial charge in [-0.15, -0.1) is 0 Å². The fourth-order valence-corrected chi connectivity index (χ4v) is 4.86. The second kappa shape index (κ2) is 7.21. The Morgan fingerprint density at radius 1 is 1.25 bits per heavy atom. The van der Waals surface area contributed by atoms with Crippen molar-refractivity contribution < 1.29 is 9.18 Å². The Bertz CT molecular complexity index is 825. The molecule has 2 aliphatic heterocycles. The highest BCUT2D eigenvalue weighted by Crippen LogP contribution is 2.52. The average Bonchev–Trinajstić information content (AvgIpc) is 3.40. The average molecular weight is 381 g/mol. The number of benzene rings is 1. The van der Waals surface area contributed by atoms with E-state index in [1.807, 2.05) is 11.0 Å². The van der Waals surface area contributed by atoms with Crippen molar-refractivity contribution >= 4 is 6.03 Å². The summed E-state index contributed by atoms with van der Waals surface area (Å²) in [6.45, 7) is 10.4. The van der Waals surface area contributed by atoms with Crippen LogP contribution in [-0.4, -0.2) is 48.6 Å². The minimum Gasteiger partial charge on any atom is -0.333 e. The Hall–Kier alpha value is -2.40. The van der Waals surface area contributed by atoms with Gasteiger partial charge in [-0.05, 0) is 55.2 Å². The number of carbonyl (C=O) groups is 1. The highest BCUT2D eigenvalue weighted by molar-refractivity contribution is 5.77. The lowest BCUT2D eigenvalue weighted by atomic mass is 9.88. The summed E-state index contributed by atoms with van der Waals surface area (Å²) in [6.07, 6.45) is 6.75. The number of halogens is 1. The molecule has 4 nitrogen and oxygen atoms in total. The number of allylic oxidation sites excluding steroid dienone is 1. The molecule has 1 aromatic rings. The Morgan fingerprint density at radius 2 is 1.96 bits per heavy atom. The van der Waals surface area contributed by atoms with Gasteiger partial charge in [0.05, 0.1) is 12.1 Å². The van der Waals surface area contributed by atoms with Crippen LogP contribution in [0.2, 0.25) is 0 Å². The van der Waals surface area contributed by atoms with Gasteiger partial charge in [-0.2, -0.15) is 0 Å². The zero-order chi connectivity index (χ0) is 19.9. The van der Waals surface area contributed by atoms with Crippen LogP contribution >= 0.6 is 0 Å². The summed E-state index contributed by atoms with van der Waals surface area (Å²) in [7, 11) is 2.11. The first kappa shape index (κ1) is 18.9. The Kier molecular flexibility index (Phi) is 4.88. The molecule has 0 unspecified atom stereocenters. The molecular formula is C23H28FN3O. The summed E-state index contributed by atoms with van der Waals surface area (Å²) >= 11 is 0. The quantitative estimate of drug-likeness (QED) is 0.854. The predicted molar refractivity (Wildman–Crippen MR) is 109 cm³/mol. The molecule has 1 aromatic carbocycles. The van der Waals surface area contributed by atoms with Gasteiger partial charge in [0.2, 0.25) is 0 Å². The zero-order valence-corrected chi connectivity index (χ0v) is 16.5. The topological polar surface area (TPSA) is 35.6 Å². The number of nitrogens with one attached hydrogen (secondary N) is 1. The van der Waals surface area contributed by atoms with Crippen LogP contribution in [0.5, 0.6) is 0 Å². The van der Waals surface area contributed by atoms with Crippen molar-refractivity contribution in [2.24, 2.45) is 5.41 Å². The van der Waals surface area contributed by atoms with E-state index in [1.165, 1.54) is 25.0 Å². The molecule has 3 aliphatic rings. The van der Waals surface area contributed by atoms with Crippen LogP contribution in [0.15, 0.2) is 60.7 Å². The van der Waals surface area contributed by atoms with Crippen molar-refractivity contribution in [2.45, 2.75) is 31.3 Å². The Labute approximate surface area is 166 Å². The van der Waals surface area contributed by atoms with E-state index >= 15 is 0 Å². The number of amides is 2. The summed E-state index contributed by atoms with van der Waals surface area (Å²) in [5.41, 5.74) is 3.20. The van der Waals surface area contributed by atoms with Crippen LogP contribution in [0.4, 0.5) is 9.18 Å². The molecule has 2 heterocycles. The van der Waals surface area contributed by atoms with Crippen molar-refractivity contribution in [3.63, 3.8) is 0 Å². The molecule has 2 fully saturated rings. The molecule has 0 bridgehead atoms. The second-order valence-electron chi connectivity index (χ2n) is 8.35. The van der Waals surface area contributed by atoms with Crippen LogP contribution in [0.3, 0.4) is 0 Å². The highest BCUT2D eigenvalue weighted by atomic mass is 19.1. The van der Waals surface area contributed by atoms with E-state index in [2.05, 4.69) is 30.4 Å². The van der Waals surface area contributed by atoms with Gasteiger partial charge in [0, 0.05) is 25.0 Å². The van der Waals surface area contributed by atoms with Gasteiger partial charge in [-0.1, -0.05) is 37.4 Å². The molecular weight excluding hydrogens is 353 g/mol. The predicted octanol–water partition coefficient (Wildman–Crippen LogP) is 4.04. The van der Waals surface area contributed by atoms with Gasteiger partial charge >= 0.3 is 6.03 Å². The molecule has 148 valence electrons. The summed E-state index contributed by atoms with van der Waals surface area (Å²) in [4.78, 5) is 17.5. The number of hydrogen-bond donors (Lipinski definition) is 1. The first-order valence-corrected chi connectivity index (χ1v) is 9.96. The molecule has 1 spiro atoms. The number of nitrogens with zero attached hydrogens (tertiary/aromatic N) is 2. The Balaban J connectivity index is 1.63. The summed E-state index contributed by atoms with van der Waals surface area (Å²) in [6, 6.07) is 6.25. The monoisotopic (exact) mass is 381 g/mol.